The number of rotatable bonds is 5. The normalized spacial score (nSPS) is 12.9. The number of pyridine rings is 1. The van der Waals surface area contributed by atoms with Gasteiger partial charge < -0.3 is 5.32 Å². The summed E-state index contributed by atoms with van der Waals surface area (Å²) in [5.74, 6) is -0.532. The number of amides is 2. The highest BCUT2D eigenvalue weighted by Crippen LogP contribution is 2.31. The van der Waals surface area contributed by atoms with Crippen molar-refractivity contribution in [3.8, 4) is 0 Å². The van der Waals surface area contributed by atoms with Gasteiger partial charge in [-0.1, -0.05) is 39.0 Å². The molecule has 0 aliphatic heterocycles. The second-order valence-electron chi connectivity index (χ2n) is 9.15. The molecule has 1 aromatic carbocycles. The third-order valence-corrected chi connectivity index (χ3v) is 4.69. The molecular formula is C23H31N3O2S. The minimum atomic E-state index is -0.844. The molecule has 0 radical (unpaired) electrons. The van der Waals surface area contributed by atoms with Crippen molar-refractivity contribution in [3.63, 3.8) is 0 Å². The molecule has 2 amide bonds. The lowest BCUT2D eigenvalue weighted by atomic mass is 9.87. The van der Waals surface area contributed by atoms with Crippen molar-refractivity contribution in [1.29, 1.82) is 0 Å². The molecule has 1 aromatic heterocycles. The maximum Gasteiger partial charge on any atom is 0.248 e. The number of anilines is 1. The molecule has 0 unspecified atom stereocenters. The van der Waals surface area contributed by atoms with E-state index in [1.165, 1.54) is 4.90 Å². The van der Waals surface area contributed by atoms with E-state index < -0.39 is 11.6 Å². The van der Waals surface area contributed by atoms with Crippen molar-refractivity contribution < 1.29 is 9.59 Å². The van der Waals surface area contributed by atoms with E-state index in [4.69, 9.17) is 0 Å². The summed E-state index contributed by atoms with van der Waals surface area (Å²) in [6.45, 7) is 12.1. The standard InChI is InChI=1S/C23H31N3O2S/c1-22(2,3)17-9-11-18(12-10-17)26(19(27)15-29)20(16-8-7-13-24-14-16)21(28)25-23(4,5)6/h7-14,20,29H,15H2,1-6H3,(H,25,28)/t20-/m1/s1. The van der Waals surface area contributed by atoms with E-state index in [2.05, 4.69) is 43.7 Å². The maximum absolute atomic E-state index is 13.3. The number of hydrogen-bond donors (Lipinski definition) is 2. The zero-order valence-corrected chi connectivity index (χ0v) is 19.0. The summed E-state index contributed by atoms with van der Waals surface area (Å²) in [5.41, 5.74) is 1.99. The first-order valence-corrected chi connectivity index (χ1v) is 10.3. The molecule has 1 N–H and O–H groups in total. The Bertz CT molecular complexity index is 837. The van der Waals surface area contributed by atoms with Crippen LogP contribution in [0.2, 0.25) is 0 Å². The van der Waals surface area contributed by atoms with Crippen LogP contribution in [0.1, 0.15) is 58.7 Å². The Morgan fingerprint density at radius 2 is 1.69 bits per heavy atom. The number of aromatic nitrogens is 1. The number of carbonyl (C=O) groups excluding carboxylic acids is 2. The van der Waals surface area contributed by atoms with Crippen LogP contribution < -0.4 is 10.2 Å². The highest BCUT2D eigenvalue weighted by molar-refractivity contribution is 7.81. The first kappa shape index (κ1) is 22.9. The number of thiol groups is 1. The molecule has 29 heavy (non-hydrogen) atoms. The van der Waals surface area contributed by atoms with Crippen LogP contribution in [0.3, 0.4) is 0 Å². The van der Waals surface area contributed by atoms with Crippen LogP contribution in [0, 0.1) is 0 Å². The van der Waals surface area contributed by atoms with E-state index in [9.17, 15) is 9.59 Å². The molecule has 0 saturated heterocycles. The first-order valence-electron chi connectivity index (χ1n) is 9.69. The molecule has 2 rings (SSSR count). The largest absolute Gasteiger partial charge is 0.349 e. The summed E-state index contributed by atoms with van der Waals surface area (Å²) in [6.07, 6.45) is 3.26. The summed E-state index contributed by atoms with van der Waals surface area (Å²) in [4.78, 5) is 31.9. The highest BCUT2D eigenvalue weighted by atomic mass is 32.1. The molecule has 0 aliphatic carbocycles. The Kier molecular flexibility index (Phi) is 7.11. The van der Waals surface area contributed by atoms with Crippen molar-refractivity contribution in [2.24, 2.45) is 0 Å². The zero-order chi connectivity index (χ0) is 21.8. The van der Waals surface area contributed by atoms with Gasteiger partial charge in [0.05, 0.1) is 5.75 Å². The van der Waals surface area contributed by atoms with Crippen molar-refractivity contribution in [3.05, 3.63) is 59.9 Å². The van der Waals surface area contributed by atoms with E-state index in [1.54, 1.807) is 18.5 Å². The molecule has 0 bridgehead atoms. The van der Waals surface area contributed by atoms with Crippen LogP contribution >= 0.6 is 12.6 Å². The molecule has 156 valence electrons. The van der Waals surface area contributed by atoms with Gasteiger partial charge in [0.15, 0.2) is 0 Å². The average Bonchev–Trinajstić information content (AvgIpc) is 2.64. The highest BCUT2D eigenvalue weighted by Gasteiger charge is 2.34. The van der Waals surface area contributed by atoms with Crippen molar-refractivity contribution in [2.45, 2.75) is 58.5 Å². The monoisotopic (exact) mass is 413 g/mol. The second kappa shape index (κ2) is 8.99. The average molecular weight is 414 g/mol. The Morgan fingerprint density at radius 1 is 1.07 bits per heavy atom. The van der Waals surface area contributed by atoms with Crippen LogP contribution in [-0.4, -0.2) is 28.1 Å². The van der Waals surface area contributed by atoms with Crippen molar-refractivity contribution in [1.82, 2.24) is 10.3 Å². The van der Waals surface area contributed by atoms with Crippen LogP contribution in [0.5, 0.6) is 0 Å². The fourth-order valence-electron chi connectivity index (χ4n) is 3.03. The lowest BCUT2D eigenvalue weighted by Crippen LogP contribution is -2.49. The van der Waals surface area contributed by atoms with Gasteiger partial charge in [0.1, 0.15) is 6.04 Å². The molecule has 5 nitrogen and oxygen atoms in total. The molecule has 1 heterocycles. The number of nitrogens with one attached hydrogen (secondary N) is 1. The minimum absolute atomic E-state index is 0.0106. The summed E-state index contributed by atoms with van der Waals surface area (Å²) in [5, 5.41) is 3.00. The van der Waals surface area contributed by atoms with Crippen LogP contribution in [0.4, 0.5) is 5.69 Å². The fraction of sp³-hybridized carbons (Fsp3) is 0.435. The van der Waals surface area contributed by atoms with E-state index in [-0.39, 0.29) is 23.0 Å². The summed E-state index contributed by atoms with van der Waals surface area (Å²) in [7, 11) is 0. The predicted octanol–water partition coefficient (Wildman–Crippen LogP) is 4.30. The van der Waals surface area contributed by atoms with Crippen LogP contribution in [0.15, 0.2) is 48.8 Å². The van der Waals surface area contributed by atoms with Gasteiger partial charge >= 0.3 is 0 Å². The SMILES string of the molecule is CC(C)(C)NC(=O)[C@@H](c1cccnc1)N(C(=O)CS)c1ccc(C(C)(C)C)cc1. The second-order valence-corrected chi connectivity index (χ2v) is 9.46. The molecule has 0 saturated carbocycles. The lowest BCUT2D eigenvalue weighted by molar-refractivity contribution is -0.127. The Hall–Kier alpha value is -2.34. The minimum Gasteiger partial charge on any atom is -0.349 e. The van der Waals surface area contributed by atoms with Crippen LogP contribution in [-0.2, 0) is 15.0 Å². The molecule has 2 aromatic rings. The molecule has 6 heteroatoms. The van der Waals surface area contributed by atoms with Gasteiger partial charge in [0, 0.05) is 29.2 Å². The Balaban J connectivity index is 2.57. The predicted molar refractivity (Wildman–Crippen MR) is 121 cm³/mol. The van der Waals surface area contributed by atoms with Gasteiger partial charge in [-0.25, -0.2) is 0 Å². The third-order valence-electron chi connectivity index (χ3n) is 4.42. The third kappa shape index (κ3) is 6.07. The molecule has 0 aliphatic rings. The van der Waals surface area contributed by atoms with Gasteiger partial charge in [-0.2, -0.15) is 12.6 Å². The zero-order valence-electron chi connectivity index (χ0n) is 18.1. The van der Waals surface area contributed by atoms with Crippen molar-refractivity contribution in [2.75, 3.05) is 10.7 Å². The summed E-state index contributed by atoms with van der Waals surface area (Å²) in [6, 6.07) is 10.5. The number of nitrogens with zero attached hydrogens (tertiary/aromatic N) is 2. The smallest absolute Gasteiger partial charge is 0.248 e. The summed E-state index contributed by atoms with van der Waals surface area (Å²) < 4.78 is 0. The number of benzene rings is 1. The van der Waals surface area contributed by atoms with Gasteiger partial charge in [0.2, 0.25) is 11.8 Å². The van der Waals surface area contributed by atoms with Gasteiger partial charge in [-0.05, 0) is 49.9 Å². The van der Waals surface area contributed by atoms with E-state index in [0.717, 1.165) is 5.56 Å². The Morgan fingerprint density at radius 3 is 2.14 bits per heavy atom. The number of hydrogen-bond acceptors (Lipinski definition) is 4. The first-order chi connectivity index (χ1) is 13.4. The van der Waals surface area contributed by atoms with Gasteiger partial charge in [0.25, 0.3) is 0 Å². The van der Waals surface area contributed by atoms with Gasteiger partial charge in [-0.3, -0.25) is 19.5 Å². The molecule has 0 spiro atoms. The quantitative estimate of drug-likeness (QED) is 0.719. The molecule has 1 atom stereocenters. The van der Waals surface area contributed by atoms with E-state index >= 15 is 0 Å². The Labute approximate surface area is 179 Å². The van der Waals surface area contributed by atoms with Gasteiger partial charge in [-0.15, -0.1) is 0 Å². The lowest BCUT2D eigenvalue weighted by Gasteiger charge is -2.33. The van der Waals surface area contributed by atoms with E-state index in [1.807, 2.05) is 51.1 Å². The van der Waals surface area contributed by atoms with Crippen LogP contribution in [0.25, 0.3) is 0 Å². The van der Waals surface area contributed by atoms with E-state index in [0.29, 0.717) is 11.3 Å². The maximum atomic E-state index is 13.3. The fourth-order valence-corrected chi connectivity index (χ4v) is 3.18. The number of carbonyl (C=O) groups is 2. The topological polar surface area (TPSA) is 62.3 Å². The molecular weight excluding hydrogens is 382 g/mol. The molecule has 0 fully saturated rings. The van der Waals surface area contributed by atoms with Crippen molar-refractivity contribution >= 4 is 30.1 Å². The summed E-state index contributed by atoms with van der Waals surface area (Å²) >= 11 is 4.19.